The van der Waals surface area contributed by atoms with E-state index in [1.165, 1.54) is 6.20 Å². The Morgan fingerprint density at radius 2 is 2.08 bits per heavy atom. The number of nitrogens with zero attached hydrogens (tertiary/aromatic N) is 3. The van der Waals surface area contributed by atoms with Gasteiger partial charge in [0.1, 0.15) is 17.3 Å². The van der Waals surface area contributed by atoms with Crippen molar-refractivity contribution < 1.29 is 9.53 Å². The average Bonchev–Trinajstić information content (AvgIpc) is 2.61. The lowest BCUT2D eigenvalue weighted by molar-refractivity contribution is 0.0995. The van der Waals surface area contributed by atoms with E-state index in [1.54, 1.807) is 18.3 Å². The highest BCUT2D eigenvalue weighted by Gasteiger charge is 2.22. The lowest BCUT2D eigenvalue weighted by Crippen LogP contribution is -2.36. The molecule has 2 aromatic heterocycles. The van der Waals surface area contributed by atoms with Crippen LogP contribution in [0.3, 0.4) is 0 Å². The molecule has 0 saturated carbocycles. The average molecular weight is 347 g/mol. The van der Waals surface area contributed by atoms with E-state index >= 15 is 0 Å². The number of aromatic nitrogens is 2. The highest BCUT2D eigenvalue weighted by Crippen LogP contribution is 2.27. The zero-order valence-electron chi connectivity index (χ0n) is 13.2. The SMILES string of the molecule is NC(=O)c1cc(OCC2CCN(c3ncccc3Cl)CC2)ccn1. The molecule has 24 heavy (non-hydrogen) atoms. The molecule has 3 rings (SSSR count). The molecular formula is C17H19ClN4O2. The summed E-state index contributed by atoms with van der Waals surface area (Å²) >= 11 is 6.20. The monoisotopic (exact) mass is 346 g/mol. The molecule has 0 spiro atoms. The van der Waals surface area contributed by atoms with Crippen LogP contribution in [0.1, 0.15) is 23.3 Å². The Balaban J connectivity index is 1.52. The van der Waals surface area contributed by atoms with Crippen molar-refractivity contribution in [2.45, 2.75) is 12.8 Å². The number of piperidine rings is 1. The zero-order chi connectivity index (χ0) is 16.9. The maximum absolute atomic E-state index is 11.1. The molecule has 0 aromatic carbocycles. The summed E-state index contributed by atoms with van der Waals surface area (Å²) in [6, 6.07) is 7.00. The number of hydrogen-bond acceptors (Lipinski definition) is 5. The maximum Gasteiger partial charge on any atom is 0.267 e. The van der Waals surface area contributed by atoms with E-state index in [4.69, 9.17) is 22.1 Å². The molecular weight excluding hydrogens is 328 g/mol. The van der Waals surface area contributed by atoms with Crippen molar-refractivity contribution in [1.82, 2.24) is 9.97 Å². The van der Waals surface area contributed by atoms with E-state index < -0.39 is 5.91 Å². The number of primary amides is 1. The van der Waals surface area contributed by atoms with Gasteiger partial charge in [0.25, 0.3) is 5.91 Å². The maximum atomic E-state index is 11.1. The summed E-state index contributed by atoms with van der Waals surface area (Å²) in [6.07, 6.45) is 5.29. The van der Waals surface area contributed by atoms with Crippen LogP contribution in [0.15, 0.2) is 36.7 Å². The number of nitrogens with two attached hydrogens (primary N) is 1. The van der Waals surface area contributed by atoms with Crippen molar-refractivity contribution in [2.75, 3.05) is 24.6 Å². The molecule has 0 unspecified atom stereocenters. The van der Waals surface area contributed by atoms with Gasteiger partial charge in [0.2, 0.25) is 0 Å². The van der Waals surface area contributed by atoms with Crippen LogP contribution in [-0.4, -0.2) is 35.6 Å². The van der Waals surface area contributed by atoms with Crippen LogP contribution in [0.5, 0.6) is 5.75 Å². The second kappa shape index (κ2) is 7.49. The Bertz CT molecular complexity index is 717. The van der Waals surface area contributed by atoms with Crippen molar-refractivity contribution >= 4 is 23.3 Å². The van der Waals surface area contributed by atoms with E-state index in [0.717, 1.165) is 31.7 Å². The molecule has 0 bridgehead atoms. The van der Waals surface area contributed by atoms with Crippen molar-refractivity contribution in [3.63, 3.8) is 0 Å². The molecule has 2 aromatic rings. The van der Waals surface area contributed by atoms with E-state index in [0.29, 0.717) is 23.3 Å². The third-order valence-corrected chi connectivity index (χ3v) is 4.42. The molecule has 2 N–H and O–H groups in total. The van der Waals surface area contributed by atoms with Gasteiger partial charge >= 0.3 is 0 Å². The molecule has 1 amide bonds. The molecule has 1 aliphatic rings. The minimum atomic E-state index is -0.555. The summed E-state index contributed by atoms with van der Waals surface area (Å²) in [5.41, 5.74) is 5.44. The van der Waals surface area contributed by atoms with Gasteiger partial charge in [0, 0.05) is 31.5 Å². The fourth-order valence-electron chi connectivity index (χ4n) is 2.77. The molecule has 7 heteroatoms. The van der Waals surface area contributed by atoms with Crippen molar-refractivity contribution in [3.05, 3.63) is 47.4 Å². The number of hydrogen-bond donors (Lipinski definition) is 1. The minimum Gasteiger partial charge on any atom is -0.493 e. The van der Waals surface area contributed by atoms with Gasteiger partial charge in [-0.2, -0.15) is 0 Å². The standard InChI is InChI=1S/C17H19ClN4O2/c18-14-2-1-6-21-17(14)22-8-4-12(5-9-22)11-24-13-3-7-20-15(10-13)16(19)23/h1-3,6-7,10,12H,4-5,8-9,11H2,(H2,19,23). The van der Waals surface area contributed by atoms with Crippen molar-refractivity contribution in [1.29, 1.82) is 0 Å². The Morgan fingerprint density at radius 1 is 1.29 bits per heavy atom. The lowest BCUT2D eigenvalue weighted by Gasteiger charge is -2.33. The summed E-state index contributed by atoms with van der Waals surface area (Å²) in [5.74, 6) is 1.36. The summed E-state index contributed by atoms with van der Waals surface area (Å²) < 4.78 is 5.79. The van der Waals surface area contributed by atoms with Crippen LogP contribution in [0.25, 0.3) is 0 Å². The first-order valence-electron chi connectivity index (χ1n) is 7.87. The number of amides is 1. The van der Waals surface area contributed by atoms with E-state index in [2.05, 4.69) is 14.9 Å². The van der Waals surface area contributed by atoms with Crippen molar-refractivity contribution in [2.24, 2.45) is 11.7 Å². The molecule has 0 aliphatic carbocycles. The van der Waals surface area contributed by atoms with Gasteiger partial charge in [0.05, 0.1) is 11.6 Å². The summed E-state index contributed by atoms with van der Waals surface area (Å²) in [5, 5.41) is 0.683. The summed E-state index contributed by atoms with van der Waals surface area (Å²) in [6.45, 7) is 2.40. The summed E-state index contributed by atoms with van der Waals surface area (Å²) in [4.78, 5) is 21.6. The molecule has 0 atom stereocenters. The normalized spacial score (nSPS) is 15.3. The smallest absolute Gasteiger partial charge is 0.267 e. The van der Waals surface area contributed by atoms with Crippen molar-refractivity contribution in [3.8, 4) is 5.75 Å². The lowest BCUT2D eigenvalue weighted by atomic mass is 9.98. The Kier molecular flexibility index (Phi) is 5.15. The highest BCUT2D eigenvalue weighted by molar-refractivity contribution is 6.32. The topological polar surface area (TPSA) is 81.3 Å². The molecule has 1 aliphatic heterocycles. The second-order valence-electron chi connectivity index (χ2n) is 5.79. The number of carbonyl (C=O) groups excluding carboxylic acids is 1. The number of halogens is 1. The zero-order valence-corrected chi connectivity index (χ0v) is 13.9. The molecule has 1 saturated heterocycles. The molecule has 3 heterocycles. The number of anilines is 1. The van der Waals surface area contributed by atoms with Gasteiger partial charge in [-0.15, -0.1) is 0 Å². The van der Waals surface area contributed by atoms with E-state index in [9.17, 15) is 4.79 Å². The van der Waals surface area contributed by atoms with E-state index in [-0.39, 0.29) is 5.69 Å². The molecule has 6 nitrogen and oxygen atoms in total. The fraction of sp³-hybridized carbons (Fsp3) is 0.353. The van der Waals surface area contributed by atoms with Gasteiger partial charge in [-0.1, -0.05) is 11.6 Å². The van der Waals surface area contributed by atoms with Gasteiger partial charge in [-0.25, -0.2) is 4.98 Å². The highest BCUT2D eigenvalue weighted by atomic mass is 35.5. The number of ether oxygens (including phenoxy) is 1. The predicted octanol–water partition coefficient (Wildman–Crippen LogP) is 2.52. The van der Waals surface area contributed by atoms with Gasteiger partial charge < -0.3 is 15.4 Å². The predicted molar refractivity (Wildman–Crippen MR) is 92.4 cm³/mol. The first kappa shape index (κ1) is 16.5. The van der Waals surface area contributed by atoms with Gasteiger partial charge in [0.15, 0.2) is 0 Å². The van der Waals surface area contributed by atoms with Crippen LogP contribution in [0, 0.1) is 5.92 Å². The van der Waals surface area contributed by atoms with Crippen LogP contribution < -0.4 is 15.4 Å². The first-order valence-corrected chi connectivity index (χ1v) is 8.25. The molecule has 126 valence electrons. The van der Waals surface area contributed by atoms with Crippen LogP contribution in [0.4, 0.5) is 5.82 Å². The largest absolute Gasteiger partial charge is 0.493 e. The molecule has 0 radical (unpaired) electrons. The van der Waals surface area contributed by atoms with E-state index in [1.807, 2.05) is 12.1 Å². The fourth-order valence-corrected chi connectivity index (χ4v) is 3.01. The van der Waals surface area contributed by atoms with Crippen LogP contribution in [0.2, 0.25) is 5.02 Å². The second-order valence-corrected chi connectivity index (χ2v) is 6.20. The Hall–Kier alpha value is -2.34. The number of pyridine rings is 2. The van der Waals surface area contributed by atoms with Crippen LogP contribution >= 0.6 is 11.6 Å². The third-order valence-electron chi connectivity index (χ3n) is 4.12. The number of carbonyl (C=O) groups is 1. The third kappa shape index (κ3) is 3.94. The Labute approximate surface area is 145 Å². The summed E-state index contributed by atoms with van der Waals surface area (Å²) in [7, 11) is 0. The minimum absolute atomic E-state index is 0.215. The Morgan fingerprint density at radius 3 is 2.79 bits per heavy atom. The van der Waals surface area contributed by atoms with Gasteiger partial charge in [-0.05, 0) is 37.0 Å². The molecule has 1 fully saturated rings. The van der Waals surface area contributed by atoms with Gasteiger partial charge in [-0.3, -0.25) is 9.78 Å². The number of rotatable bonds is 5. The van der Waals surface area contributed by atoms with Crippen LogP contribution in [-0.2, 0) is 0 Å². The first-order chi connectivity index (χ1) is 11.6. The quantitative estimate of drug-likeness (QED) is 0.899.